The van der Waals surface area contributed by atoms with Gasteiger partial charge in [-0.05, 0) is 25.3 Å². The molecule has 2 nitrogen and oxygen atoms in total. The lowest BCUT2D eigenvalue weighted by molar-refractivity contribution is 0.492. The van der Waals surface area contributed by atoms with Crippen LogP contribution in [0.2, 0.25) is 0 Å². The summed E-state index contributed by atoms with van der Waals surface area (Å²) in [6.45, 7) is 0.779. The lowest BCUT2D eigenvalue weighted by Gasteiger charge is -2.10. The van der Waals surface area contributed by atoms with Gasteiger partial charge < -0.3 is 11.5 Å². The van der Waals surface area contributed by atoms with Gasteiger partial charge in [0.25, 0.3) is 0 Å². The van der Waals surface area contributed by atoms with Crippen LogP contribution in [-0.4, -0.2) is 12.6 Å². The van der Waals surface area contributed by atoms with Crippen LogP contribution >= 0.6 is 0 Å². The molecule has 0 aliphatic heterocycles. The highest BCUT2D eigenvalue weighted by Crippen LogP contribution is 2.22. The Balaban J connectivity index is 2.30. The SMILES string of the molecule is NC[C@H]1CCC[C@H]1N. The summed E-state index contributed by atoms with van der Waals surface area (Å²) in [5, 5.41) is 0. The zero-order valence-electron chi connectivity index (χ0n) is 5.14. The molecular weight excluding hydrogens is 100 g/mol. The second-order valence-corrected chi connectivity index (χ2v) is 2.59. The average molecular weight is 114 g/mol. The Hall–Kier alpha value is -0.0800. The van der Waals surface area contributed by atoms with Gasteiger partial charge in [-0.15, -0.1) is 0 Å². The zero-order valence-corrected chi connectivity index (χ0v) is 5.14. The molecule has 48 valence electrons. The molecule has 1 rings (SSSR count). The van der Waals surface area contributed by atoms with Gasteiger partial charge >= 0.3 is 0 Å². The molecule has 0 aromatic carbocycles. The standard InChI is InChI=1S/C6H14N2/c7-4-5-2-1-3-6(5)8/h5-6H,1-4,7-8H2/t5-,6-/m1/s1. The van der Waals surface area contributed by atoms with Crippen molar-refractivity contribution in [3.8, 4) is 0 Å². The van der Waals surface area contributed by atoms with Crippen molar-refractivity contribution >= 4 is 0 Å². The summed E-state index contributed by atoms with van der Waals surface area (Å²) in [5.74, 6) is 0.620. The molecule has 0 aromatic heterocycles. The van der Waals surface area contributed by atoms with Crippen molar-refractivity contribution in [2.24, 2.45) is 17.4 Å². The van der Waals surface area contributed by atoms with Crippen molar-refractivity contribution in [3.05, 3.63) is 0 Å². The van der Waals surface area contributed by atoms with Gasteiger partial charge in [-0.2, -0.15) is 0 Å². The fourth-order valence-electron chi connectivity index (χ4n) is 1.36. The fourth-order valence-corrected chi connectivity index (χ4v) is 1.36. The van der Waals surface area contributed by atoms with Crippen LogP contribution < -0.4 is 11.5 Å². The van der Waals surface area contributed by atoms with Gasteiger partial charge in [-0.3, -0.25) is 0 Å². The van der Waals surface area contributed by atoms with Crippen LogP contribution in [0.15, 0.2) is 0 Å². The first-order chi connectivity index (χ1) is 3.84. The Kier molecular flexibility index (Phi) is 1.86. The summed E-state index contributed by atoms with van der Waals surface area (Å²) in [4.78, 5) is 0. The first-order valence-corrected chi connectivity index (χ1v) is 3.30. The summed E-state index contributed by atoms with van der Waals surface area (Å²) < 4.78 is 0. The Labute approximate surface area is 50.2 Å². The highest BCUT2D eigenvalue weighted by molar-refractivity contribution is 4.80. The minimum Gasteiger partial charge on any atom is -0.330 e. The van der Waals surface area contributed by atoms with E-state index in [1.54, 1.807) is 0 Å². The molecule has 1 aliphatic carbocycles. The molecule has 2 atom stereocenters. The number of hydrogen-bond acceptors (Lipinski definition) is 2. The van der Waals surface area contributed by atoms with Crippen molar-refractivity contribution in [3.63, 3.8) is 0 Å². The topological polar surface area (TPSA) is 52.0 Å². The Bertz CT molecular complexity index is 72.9. The third-order valence-corrected chi connectivity index (χ3v) is 2.02. The minimum absolute atomic E-state index is 0.403. The third kappa shape index (κ3) is 1.01. The van der Waals surface area contributed by atoms with Crippen LogP contribution in [0.25, 0.3) is 0 Å². The van der Waals surface area contributed by atoms with E-state index in [1.165, 1.54) is 19.3 Å². The van der Waals surface area contributed by atoms with Crippen molar-refractivity contribution in [1.29, 1.82) is 0 Å². The van der Waals surface area contributed by atoms with E-state index in [-0.39, 0.29) is 0 Å². The van der Waals surface area contributed by atoms with Gasteiger partial charge in [0.1, 0.15) is 0 Å². The van der Waals surface area contributed by atoms with Gasteiger partial charge in [0.05, 0.1) is 0 Å². The van der Waals surface area contributed by atoms with Crippen molar-refractivity contribution < 1.29 is 0 Å². The monoisotopic (exact) mass is 114 g/mol. The van der Waals surface area contributed by atoms with Crippen LogP contribution in [0.4, 0.5) is 0 Å². The normalized spacial score (nSPS) is 38.2. The summed E-state index contributed by atoms with van der Waals surface area (Å²) in [6, 6.07) is 0.403. The van der Waals surface area contributed by atoms with E-state index >= 15 is 0 Å². The van der Waals surface area contributed by atoms with Crippen LogP contribution in [0.3, 0.4) is 0 Å². The molecule has 1 saturated carbocycles. The zero-order chi connectivity index (χ0) is 5.98. The molecule has 0 radical (unpaired) electrons. The molecule has 0 bridgehead atoms. The van der Waals surface area contributed by atoms with Crippen molar-refractivity contribution in [2.45, 2.75) is 25.3 Å². The maximum absolute atomic E-state index is 5.71. The molecule has 2 heteroatoms. The molecule has 1 aliphatic rings. The molecular formula is C6H14N2. The van der Waals surface area contributed by atoms with E-state index in [9.17, 15) is 0 Å². The Morgan fingerprint density at radius 2 is 2.12 bits per heavy atom. The minimum atomic E-state index is 0.403. The van der Waals surface area contributed by atoms with Crippen LogP contribution in [0, 0.1) is 5.92 Å². The van der Waals surface area contributed by atoms with Gasteiger partial charge in [0.2, 0.25) is 0 Å². The van der Waals surface area contributed by atoms with E-state index in [1.807, 2.05) is 0 Å². The van der Waals surface area contributed by atoms with E-state index in [0.717, 1.165) is 6.54 Å². The predicted octanol–water partition coefficient (Wildman–Crippen LogP) is 0.0725. The van der Waals surface area contributed by atoms with Crippen molar-refractivity contribution in [2.75, 3.05) is 6.54 Å². The molecule has 0 heterocycles. The van der Waals surface area contributed by atoms with Gasteiger partial charge in [0, 0.05) is 6.04 Å². The Morgan fingerprint density at radius 1 is 1.38 bits per heavy atom. The van der Waals surface area contributed by atoms with Gasteiger partial charge in [0.15, 0.2) is 0 Å². The smallest absolute Gasteiger partial charge is 0.00792 e. The van der Waals surface area contributed by atoms with Crippen LogP contribution in [-0.2, 0) is 0 Å². The highest BCUT2D eigenvalue weighted by Gasteiger charge is 2.21. The molecule has 4 N–H and O–H groups in total. The molecule has 1 fully saturated rings. The maximum Gasteiger partial charge on any atom is 0.00792 e. The maximum atomic E-state index is 5.71. The second-order valence-electron chi connectivity index (χ2n) is 2.59. The number of hydrogen-bond donors (Lipinski definition) is 2. The first-order valence-electron chi connectivity index (χ1n) is 3.30. The summed E-state index contributed by atoms with van der Waals surface area (Å²) >= 11 is 0. The molecule has 0 amide bonds. The highest BCUT2D eigenvalue weighted by atomic mass is 14.7. The lowest BCUT2D eigenvalue weighted by Crippen LogP contribution is -2.29. The largest absolute Gasteiger partial charge is 0.330 e. The third-order valence-electron chi connectivity index (χ3n) is 2.02. The lowest BCUT2D eigenvalue weighted by atomic mass is 10.1. The molecule has 0 spiro atoms. The number of nitrogens with two attached hydrogens (primary N) is 2. The summed E-state index contributed by atoms with van der Waals surface area (Å²) in [7, 11) is 0. The van der Waals surface area contributed by atoms with Crippen molar-refractivity contribution in [1.82, 2.24) is 0 Å². The second kappa shape index (κ2) is 2.46. The first kappa shape index (κ1) is 6.05. The molecule has 0 saturated heterocycles. The van der Waals surface area contributed by atoms with Crippen LogP contribution in [0.5, 0.6) is 0 Å². The molecule has 0 unspecified atom stereocenters. The van der Waals surface area contributed by atoms with E-state index < -0.39 is 0 Å². The fraction of sp³-hybridized carbons (Fsp3) is 1.00. The number of rotatable bonds is 1. The van der Waals surface area contributed by atoms with E-state index in [4.69, 9.17) is 11.5 Å². The summed E-state index contributed by atoms with van der Waals surface area (Å²) in [6.07, 6.45) is 3.71. The molecule has 8 heavy (non-hydrogen) atoms. The Morgan fingerprint density at radius 3 is 2.38 bits per heavy atom. The van der Waals surface area contributed by atoms with E-state index in [2.05, 4.69) is 0 Å². The summed E-state index contributed by atoms with van der Waals surface area (Å²) in [5.41, 5.74) is 11.2. The molecule has 0 aromatic rings. The quantitative estimate of drug-likeness (QED) is 0.507. The average Bonchev–Trinajstić information content (AvgIpc) is 2.14. The van der Waals surface area contributed by atoms with Gasteiger partial charge in [-0.25, -0.2) is 0 Å². The van der Waals surface area contributed by atoms with E-state index in [0.29, 0.717) is 12.0 Å². The van der Waals surface area contributed by atoms with Crippen LogP contribution in [0.1, 0.15) is 19.3 Å². The van der Waals surface area contributed by atoms with Gasteiger partial charge in [-0.1, -0.05) is 6.42 Å². The predicted molar refractivity (Wildman–Crippen MR) is 34.4 cm³/mol.